The minimum Gasteiger partial charge on any atom is -0.496 e. The molecule has 3 aromatic rings. The Labute approximate surface area is 124 Å². The fraction of sp³-hybridized carbons (Fsp3) is 0.0769. The SMILES string of the molecule is COc1ccc(F)cc1-c1nc(Cl)nc(-n2ccnc2)n1. The highest BCUT2D eigenvalue weighted by Gasteiger charge is 2.14. The van der Waals surface area contributed by atoms with Gasteiger partial charge in [-0.15, -0.1) is 0 Å². The van der Waals surface area contributed by atoms with Crippen molar-refractivity contribution < 1.29 is 9.13 Å². The second-order valence-electron chi connectivity index (χ2n) is 4.04. The number of ether oxygens (including phenoxy) is 1. The van der Waals surface area contributed by atoms with E-state index in [2.05, 4.69) is 19.9 Å². The number of halogens is 2. The highest BCUT2D eigenvalue weighted by atomic mass is 35.5. The molecule has 8 heteroatoms. The number of imidazole rings is 1. The van der Waals surface area contributed by atoms with Crippen molar-refractivity contribution in [1.29, 1.82) is 0 Å². The second kappa shape index (κ2) is 5.45. The van der Waals surface area contributed by atoms with Gasteiger partial charge in [0.05, 0.1) is 12.7 Å². The summed E-state index contributed by atoms with van der Waals surface area (Å²) in [5.74, 6) is 0.519. The molecule has 0 amide bonds. The molecule has 0 bridgehead atoms. The maximum absolute atomic E-state index is 13.5. The molecule has 0 fully saturated rings. The van der Waals surface area contributed by atoms with Gasteiger partial charge in [0.2, 0.25) is 11.2 Å². The molecule has 0 radical (unpaired) electrons. The smallest absolute Gasteiger partial charge is 0.239 e. The molecule has 0 atom stereocenters. The van der Waals surface area contributed by atoms with Crippen molar-refractivity contribution in [2.45, 2.75) is 0 Å². The molecule has 0 unspecified atom stereocenters. The first-order chi connectivity index (χ1) is 10.2. The minimum absolute atomic E-state index is 0.00462. The van der Waals surface area contributed by atoms with Crippen LogP contribution in [0.4, 0.5) is 4.39 Å². The number of hydrogen-bond donors (Lipinski definition) is 0. The van der Waals surface area contributed by atoms with Gasteiger partial charge in [0.15, 0.2) is 5.82 Å². The molecule has 0 spiro atoms. The molecule has 2 heterocycles. The molecule has 6 nitrogen and oxygen atoms in total. The van der Waals surface area contributed by atoms with Crippen LogP contribution in [0.5, 0.6) is 5.75 Å². The van der Waals surface area contributed by atoms with E-state index in [-0.39, 0.29) is 17.1 Å². The zero-order valence-electron chi connectivity index (χ0n) is 10.9. The van der Waals surface area contributed by atoms with Crippen LogP contribution in [-0.2, 0) is 0 Å². The van der Waals surface area contributed by atoms with Gasteiger partial charge in [-0.1, -0.05) is 0 Å². The highest BCUT2D eigenvalue weighted by Crippen LogP contribution is 2.28. The van der Waals surface area contributed by atoms with Crippen LogP contribution in [0.1, 0.15) is 0 Å². The van der Waals surface area contributed by atoms with E-state index in [0.29, 0.717) is 11.3 Å². The zero-order chi connectivity index (χ0) is 14.8. The van der Waals surface area contributed by atoms with Crippen molar-refractivity contribution in [2.75, 3.05) is 7.11 Å². The normalized spacial score (nSPS) is 10.6. The van der Waals surface area contributed by atoms with E-state index in [4.69, 9.17) is 16.3 Å². The second-order valence-corrected chi connectivity index (χ2v) is 4.38. The average Bonchev–Trinajstić information content (AvgIpc) is 3.01. The summed E-state index contributed by atoms with van der Waals surface area (Å²) in [5.41, 5.74) is 0.392. The monoisotopic (exact) mass is 305 g/mol. The molecule has 106 valence electrons. The van der Waals surface area contributed by atoms with E-state index < -0.39 is 5.82 Å². The standard InChI is InChI=1S/C13H9ClFN5O/c1-21-10-3-2-8(15)6-9(10)11-17-12(14)19-13(18-11)20-5-4-16-7-20/h2-7H,1H3. The van der Waals surface area contributed by atoms with Gasteiger partial charge in [-0.05, 0) is 29.8 Å². The molecule has 21 heavy (non-hydrogen) atoms. The van der Waals surface area contributed by atoms with Crippen LogP contribution in [0.25, 0.3) is 17.3 Å². The Kier molecular flexibility index (Phi) is 3.49. The molecule has 1 aromatic carbocycles. The quantitative estimate of drug-likeness (QED) is 0.744. The van der Waals surface area contributed by atoms with E-state index in [1.807, 2.05) is 0 Å². The predicted molar refractivity (Wildman–Crippen MR) is 73.9 cm³/mol. The number of hydrogen-bond acceptors (Lipinski definition) is 5. The van der Waals surface area contributed by atoms with Crippen molar-refractivity contribution in [1.82, 2.24) is 24.5 Å². The lowest BCUT2D eigenvalue weighted by Crippen LogP contribution is -2.04. The molecular weight excluding hydrogens is 297 g/mol. The maximum atomic E-state index is 13.5. The Morgan fingerprint density at radius 1 is 1.24 bits per heavy atom. The lowest BCUT2D eigenvalue weighted by atomic mass is 10.2. The summed E-state index contributed by atoms with van der Waals surface area (Å²) in [6.07, 6.45) is 4.77. The molecule has 0 aliphatic carbocycles. The van der Waals surface area contributed by atoms with E-state index in [0.717, 1.165) is 0 Å². The van der Waals surface area contributed by atoms with E-state index in [1.165, 1.54) is 31.6 Å². The molecular formula is C13H9ClFN5O. The Hall–Kier alpha value is -2.54. The Morgan fingerprint density at radius 2 is 2.10 bits per heavy atom. The number of methoxy groups -OCH3 is 1. The fourth-order valence-corrected chi connectivity index (χ4v) is 1.96. The first kappa shape index (κ1) is 13.4. The Balaban J connectivity index is 2.17. The highest BCUT2D eigenvalue weighted by molar-refractivity contribution is 6.28. The van der Waals surface area contributed by atoms with Gasteiger partial charge in [-0.3, -0.25) is 4.57 Å². The average molecular weight is 306 g/mol. The van der Waals surface area contributed by atoms with E-state index >= 15 is 0 Å². The van der Waals surface area contributed by atoms with Crippen molar-refractivity contribution in [3.05, 3.63) is 48.0 Å². The van der Waals surface area contributed by atoms with E-state index in [9.17, 15) is 4.39 Å². The van der Waals surface area contributed by atoms with Crippen LogP contribution in [0.2, 0.25) is 5.28 Å². The summed E-state index contributed by atoms with van der Waals surface area (Å²) >= 11 is 5.92. The van der Waals surface area contributed by atoms with Gasteiger partial charge in [0.1, 0.15) is 17.9 Å². The summed E-state index contributed by atoms with van der Waals surface area (Å²) in [5, 5.41) is -0.00462. The number of rotatable bonds is 3. The van der Waals surface area contributed by atoms with E-state index in [1.54, 1.807) is 17.0 Å². The summed E-state index contributed by atoms with van der Waals surface area (Å²) in [4.78, 5) is 16.2. The van der Waals surface area contributed by atoms with Crippen LogP contribution in [-0.4, -0.2) is 31.6 Å². The van der Waals surface area contributed by atoms with Gasteiger partial charge in [-0.25, -0.2) is 9.37 Å². The topological polar surface area (TPSA) is 65.7 Å². The van der Waals surface area contributed by atoms with Gasteiger partial charge in [0, 0.05) is 12.4 Å². The van der Waals surface area contributed by atoms with Crippen LogP contribution >= 0.6 is 11.6 Å². The minimum atomic E-state index is -0.425. The van der Waals surface area contributed by atoms with Gasteiger partial charge in [-0.2, -0.15) is 15.0 Å². The van der Waals surface area contributed by atoms with Gasteiger partial charge in [0.25, 0.3) is 0 Å². The number of benzene rings is 1. The van der Waals surface area contributed by atoms with Gasteiger partial charge < -0.3 is 4.74 Å². The fourth-order valence-electron chi connectivity index (χ4n) is 1.81. The lowest BCUT2D eigenvalue weighted by molar-refractivity contribution is 0.415. The molecule has 3 rings (SSSR count). The summed E-state index contributed by atoms with van der Waals surface area (Å²) in [6.45, 7) is 0. The van der Waals surface area contributed by atoms with Crippen molar-refractivity contribution in [3.8, 4) is 23.1 Å². The number of nitrogens with zero attached hydrogens (tertiary/aromatic N) is 5. The van der Waals surface area contributed by atoms with Crippen molar-refractivity contribution in [3.63, 3.8) is 0 Å². The zero-order valence-corrected chi connectivity index (χ0v) is 11.6. The van der Waals surface area contributed by atoms with Crippen molar-refractivity contribution in [2.24, 2.45) is 0 Å². The predicted octanol–water partition coefficient (Wildman–Crippen LogP) is 2.53. The first-order valence-electron chi connectivity index (χ1n) is 5.91. The first-order valence-corrected chi connectivity index (χ1v) is 6.29. The number of aromatic nitrogens is 5. The molecule has 0 saturated heterocycles. The van der Waals surface area contributed by atoms with Crippen LogP contribution in [0.3, 0.4) is 0 Å². The molecule has 2 aromatic heterocycles. The largest absolute Gasteiger partial charge is 0.496 e. The Bertz CT molecular complexity index is 778. The van der Waals surface area contributed by atoms with Crippen LogP contribution < -0.4 is 4.74 Å². The molecule has 0 aliphatic rings. The summed E-state index contributed by atoms with van der Waals surface area (Å²) < 4.78 is 20.2. The lowest BCUT2D eigenvalue weighted by Gasteiger charge is -2.09. The summed E-state index contributed by atoms with van der Waals surface area (Å²) in [6, 6.07) is 4.07. The van der Waals surface area contributed by atoms with Crippen LogP contribution in [0.15, 0.2) is 36.9 Å². The maximum Gasteiger partial charge on any atom is 0.239 e. The Morgan fingerprint density at radius 3 is 2.81 bits per heavy atom. The third-order valence-electron chi connectivity index (χ3n) is 2.73. The van der Waals surface area contributed by atoms with Crippen LogP contribution in [0, 0.1) is 5.82 Å². The molecule has 0 N–H and O–H groups in total. The summed E-state index contributed by atoms with van der Waals surface area (Å²) in [7, 11) is 1.48. The van der Waals surface area contributed by atoms with Crippen molar-refractivity contribution >= 4 is 11.6 Å². The van der Waals surface area contributed by atoms with Gasteiger partial charge >= 0.3 is 0 Å². The third-order valence-corrected chi connectivity index (χ3v) is 2.90. The molecule has 0 aliphatic heterocycles. The molecule has 0 saturated carbocycles. The third kappa shape index (κ3) is 2.68.